The lowest BCUT2D eigenvalue weighted by Gasteiger charge is -2.23. The van der Waals surface area contributed by atoms with Gasteiger partial charge in [-0.2, -0.15) is 10.4 Å². The zero-order chi connectivity index (χ0) is 16.2. The van der Waals surface area contributed by atoms with Crippen LogP contribution in [0.25, 0.3) is 0 Å². The normalized spacial score (nSPS) is 18.6. The summed E-state index contributed by atoms with van der Waals surface area (Å²) in [6, 6.07) is 2.63. The summed E-state index contributed by atoms with van der Waals surface area (Å²) in [5, 5.41) is 13.0. The monoisotopic (exact) mass is 314 g/mol. The van der Waals surface area contributed by atoms with Gasteiger partial charge >= 0.3 is 0 Å². The molecule has 1 saturated heterocycles. The third-order valence-electron chi connectivity index (χ3n) is 4.33. The van der Waals surface area contributed by atoms with Crippen LogP contribution in [0.1, 0.15) is 23.6 Å². The number of hydrogen-bond acceptors (Lipinski definition) is 6. The van der Waals surface area contributed by atoms with Crippen LogP contribution in [-0.4, -0.2) is 57.3 Å². The second-order valence-corrected chi connectivity index (χ2v) is 6.13. The molecule has 1 aliphatic rings. The van der Waals surface area contributed by atoms with Gasteiger partial charge in [-0.3, -0.25) is 14.5 Å². The molecule has 3 rings (SSSR count). The predicted octanol–water partition coefficient (Wildman–Crippen LogP) is 1.26. The number of hydrogen-bond donors (Lipinski definition) is 0. The molecular formula is C16H22N6O. The van der Waals surface area contributed by atoms with E-state index in [2.05, 4.69) is 33.0 Å². The van der Waals surface area contributed by atoms with E-state index in [4.69, 9.17) is 9.68 Å². The van der Waals surface area contributed by atoms with Gasteiger partial charge in [0.1, 0.15) is 11.8 Å². The van der Waals surface area contributed by atoms with Crippen molar-refractivity contribution in [1.29, 1.82) is 5.26 Å². The highest BCUT2D eigenvalue weighted by molar-refractivity contribution is 5.21. The molecule has 0 radical (unpaired) electrons. The Labute approximate surface area is 136 Å². The lowest BCUT2D eigenvalue weighted by atomic mass is 10.2. The van der Waals surface area contributed by atoms with Gasteiger partial charge in [-0.1, -0.05) is 0 Å². The predicted molar refractivity (Wildman–Crippen MR) is 84.5 cm³/mol. The molecule has 1 aliphatic heterocycles. The Balaban J connectivity index is 1.45. The Morgan fingerprint density at radius 3 is 3.00 bits per heavy atom. The number of likely N-dealkylation sites (N-methyl/N-ethyl adjacent to an activating group) is 1. The smallest absolute Gasteiger partial charge is 0.208 e. The molecule has 1 atom stereocenters. The average molecular weight is 314 g/mol. The van der Waals surface area contributed by atoms with Gasteiger partial charge < -0.3 is 4.42 Å². The summed E-state index contributed by atoms with van der Waals surface area (Å²) in [5.41, 5.74) is 0.616. The zero-order valence-electron chi connectivity index (χ0n) is 13.6. The van der Waals surface area contributed by atoms with E-state index in [1.807, 2.05) is 11.6 Å². The van der Waals surface area contributed by atoms with Crippen LogP contribution in [-0.2, 0) is 13.1 Å². The van der Waals surface area contributed by atoms with E-state index in [0.29, 0.717) is 11.6 Å². The molecule has 0 N–H and O–H groups in total. The molecule has 23 heavy (non-hydrogen) atoms. The summed E-state index contributed by atoms with van der Waals surface area (Å²) >= 11 is 0. The number of nitriles is 1. The third-order valence-corrected chi connectivity index (χ3v) is 4.33. The van der Waals surface area contributed by atoms with Crippen molar-refractivity contribution in [3.63, 3.8) is 0 Å². The first kappa shape index (κ1) is 15.7. The number of oxazole rings is 1. The minimum Gasteiger partial charge on any atom is -0.445 e. The van der Waals surface area contributed by atoms with Crippen molar-refractivity contribution < 1.29 is 4.42 Å². The highest BCUT2D eigenvalue weighted by Gasteiger charge is 2.26. The van der Waals surface area contributed by atoms with Gasteiger partial charge in [0.25, 0.3) is 0 Å². The summed E-state index contributed by atoms with van der Waals surface area (Å²) in [6.45, 7) is 6.57. The molecule has 7 nitrogen and oxygen atoms in total. The van der Waals surface area contributed by atoms with Crippen molar-refractivity contribution in [2.75, 3.05) is 26.7 Å². The highest BCUT2D eigenvalue weighted by Crippen LogP contribution is 2.16. The van der Waals surface area contributed by atoms with E-state index < -0.39 is 0 Å². The maximum atomic E-state index is 8.82. The van der Waals surface area contributed by atoms with E-state index in [1.165, 1.54) is 0 Å². The van der Waals surface area contributed by atoms with Gasteiger partial charge in [-0.05, 0) is 26.9 Å². The van der Waals surface area contributed by atoms with Gasteiger partial charge in [0.15, 0.2) is 0 Å². The Kier molecular flexibility index (Phi) is 4.74. The Bertz CT molecular complexity index is 685. The average Bonchev–Trinajstić information content (AvgIpc) is 3.25. The summed E-state index contributed by atoms with van der Waals surface area (Å²) in [6.07, 6.45) is 6.33. The fraction of sp³-hybridized carbons (Fsp3) is 0.562. The lowest BCUT2D eigenvalue weighted by molar-refractivity contribution is 0.204. The molecule has 0 bridgehead atoms. The molecule has 0 aromatic carbocycles. The van der Waals surface area contributed by atoms with Crippen LogP contribution in [0.15, 0.2) is 23.0 Å². The van der Waals surface area contributed by atoms with Crippen LogP contribution >= 0.6 is 0 Å². The van der Waals surface area contributed by atoms with Crippen LogP contribution in [0.5, 0.6) is 0 Å². The van der Waals surface area contributed by atoms with Crippen molar-refractivity contribution in [3.05, 3.63) is 35.8 Å². The van der Waals surface area contributed by atoms with Crippen molar-refractivity contribution in [2.24, 2.45) is 0 Å². The SMILES string of the molecule is Cc1cnc(CN(C)[C@@H]2CCN(CCn3cc(C#N)cn3)C2)o1. The van der Waals surface area contributed by atoms with Gasteiger partial charge in [0.05, 0.1) is 31.0 Å². The molecule has 2 aromatic rings. The Morgan fingerprint density at radius 2 is 2.30 bits per heavy atom. The first-order valence-electron chi connectivity index (χ1n) is 7.90. The molecule has 2 aromatic heterocycles. The Morgan fingerprint density at radius 1 is 1.43 bits per heavy atom. The standard InChI is InChI=1S/C16H22N6O/c1-13-8-18-16(23-13)12-20(2)15-3-4-21(11-15)5-6-22-10-14(7-17)9-19-22/h8-10,15H,3-6,11-12H2,1-2H3/t15-/m1/s1. The van der Waals surface area contributed by atoms with Gasteiger partial charge in [0, 0.05) is 25.3 Å². The second-order valence-electron chi connectivity index (χ2n) is 6.13. The van der Waals surface area contributed by atoms with E-state index in [0.717, 1.165) is 50.8 Å². The van der Waals surface area contributed by atoms with Crippen LogP contribution in [0, 0.1) is 18.3 Å². The molecule has 0 unspecified atom stereocenters. The zero-order valence-corrected chi connectivity index (χ0v) is 13.6. The first-order valence-corrected chi connectivity index (χ1v) is 7.90. The molecule has 0 spiro atoms. The van der Waals surface area contributed by atoms with Crippen LogP contribution < -0.4 is 0 Å². The fourth-order valence-electron chi connectivity index (χ4n) is 2.98. The molecule has 0 saturated carbocycles. The summed E-state index contributed by atoms with van der Waals surface area (Å²) < 4.78 is 7.39. The largest absolute Gasteiger partial charge is 0.445 e. The minimum atomic E-state index is 0.523. The molecule has 1 fully saturated rings. The molecule has 3 heterocycles. The summed E-state index contributed by atoms with van der Waals surface area (Å²) in [7, 11) is 2.13. The number of likely N-dealkylation sites (tertiary alicyclic amines) is 1. The van der Waals surface area contributed by atoms with Crippen LogP contribution in [0.4, 0.5) is 0 Å². The van der Waals surface area contributed by atoms with Gasteiger partial charge in [-0.25, -0.2) is 4.98 Å². The maximum Gasteiger partial charge on any atom is 0.208 e. The van der Waals surface area contributed by atoms with E-state index >= 15 is 0 Å². The Hall–Kier alpha value is -2.17. The number of rotatable bonds is 6. The highest BCUT2D eigenvalue weighted by atomic mass is 16.4. The van der Waals surface area contributed by atoms with Gasteiger partial charge in [-0.15, -0.1) is 0 Å². The van der Waals surface area contributed by atoms with E-state index in [-0.39, 0.29) is 0 Å². The first-order chi connectivity index (χ1) is 11.1. The number of nitrogens with zero attached hydrogens (tertiary/aromatic N) is 6. The summed E-state index contributed by atoms with van der Waals surface area (Å²) in [5.74, 6) is 1.64. The molecule has 0 aliphatic carbocycles. The number of aryl methyl sites for hydroxylation is 1. The lowest BCUT2D eigenvalue weighted by Crippen LogP contribution is -2.35. The second kappa shape index (κ2) is 6.94. The topological polar surface area (TPSA) is 74.1 Å². The molecule has 7 heteroatoms. The summed E-state index contributed by atoms with van der Waals surface area (Å²) in [4.78, 5) is 9.03. The van der Waals surface area contributed by atoms with Crippen LogP contribution in [0.3, 0.4) is 0 Å². The molecule has 0 amide bonds. The van der Waals surface area contributed by atoms with E-state index in [1.54, 1.807) is 18.6 Å². The van der Waals surface area contributed by atoms with E-state index in [9.17, 15) is 0 Å². The maximum absolute atomic E-state index is 8.82. The molecule has 122 valence electrons. The van der Waals surface area contributed by atoms with Crippen molar-refractivity contribution in [3.8, 4) is 6.07 Å². The fourth-order valence-corrected chi connectivity index (χ4v) is 2.98. The van der Waals surface area contributed by atoms with Crippen molar-refractivity contribution in [2.45, 2.75) is 32.5 Å². The third kappa shape index (κ3) is 3.97. The van der Waals surface area contributed by atoms with Gasteiger partial charge in [0.2, 0.25) is 5.89 Å². The quantitative estimate of drug-likeness (QED) is 0.799. The number of aromatic nitrogens is 3. The molecular weight excluding hydrogens is 292 g/mol. The minimum absolute atomic E-state index is 0.523. The van der Waals surface area contributed by atoms with Crippen molar-refractivity contribution in [1.82, 2.24) is 24.6 Å². The van der Waals surface area contributed by atoms with Crippen LogP contribution in [0.2, 0.25) is 0 Å². The van der Waals surface area contributed by atoms with Crippen molar-refractivity contribution >= 4 is 0 Å².